The average Bonchev–Trinajstić information content (AvgIpc) is 2.87. The molecular weight excluding hydrogens is 594 g/mol. The van der Waals surface area contributed by atoms with Crippen LogP contribution in [-0.4, -0.2) is 37.7 Å². The number of rotatable bonds is 8. The highest BCUT2D eigenvalue weighted by atomic mass is 79.9. The second-order valence-electron chi connectivity index (χ2n) is 7.11. The maximum Gasteiger partial charge on any atom is 0.329 e. The number of hydrogen-bond donors (Lipinski definition) is 3. The number of hydrazone groups is 1. The second-order valence-corrected chi connectivity index (χ2v) is 8.74. The van der Waals surface area contributed by atoms with Crippen LogP contribution in [0, 0.1) is 5.82 Å². The molecule has 0 heterocycles. The molecule has 37 heavy (non-hydrogen) atoms. The zero-order valence-electron chi connectivity index (χ0n) is 19.0. The molecule has 0 atom stereocenters. The molecule has 0 radical (unpaired) electrons. The first-order chi connectivity index (χ1) is 17.7. The third-order valence-electron chi connectivity index (χ3n) is 4.53. The van der Waals surface area contributed by atoms with Crippen LogP contribution in [0.5, 0.6) is 11.5 Å². The zero-order valence-corrected chi connectivity index (χ0v) is 22.1. The van der Waals surface area contributed by atoms with Gasteiger partial charge in [-0.15, -0.1) is 0 Å². The maximum absolute atomic E-state index is 13.6. The van der Waals surface area contributed by atoms with Gasteiger partial charge in [0.1, 0.15) is 5.82 Å². The molecule has 0 saturated carbocycles. The van der Waals surface area contributed by atoms with Gasteiger partial charge in [-0.2, -0.15) is 5.10 Å². The third kappa shape index (κ3) is 7.66. The summed E-state index contributed by atoms with van der Waals surface area (Å²) in [5, 5.41) is 8.98. The van der Waals surface area contributed by atoms with E-state index in [1.807, 2.05) is 5.43 Å². The highest BCUT2D eigenvalue weighted by molar-refractivity contribution is 9.10. The Balaban J connectivity index is 1.60. The number of anilines is 2. The molecule has 9 nitrogen and oxygen atoms in total. The maximum atomic E-state index is 13.6. The van der Waals surface area contributed by atoms with Crippen molar-refractivity contribution in [1.82, 2.24) is 5.43 Å². The van der Waals surface area contributed by atoms with Gasteiger partial charge in [0.15, 0.2) is 18.1 Å². The standard InChI is InChI=1S/C24H18BrCl2FN4O5/c1-36-19-10-13(11-29-32-24(35)23(34)31-17-7-3-2-6-16(17)28)9-14(25)22(19)37-12-20(33)30-18-8-4-5-15(26)21(18)27/h2-11H,12H2,1H3,(H,30,33)(H,31,34)(H,32,35)/b29-11-. The monoisotopic (exact) mass is 610 g/mol. The van der Waals surface area contributed by atoms with Crippen molar-refractivity contribution in [1.29, 1.82) is 0 Å². The Kier molecular flexibility index (Phi) is 9.84. The summed E-state index contributed by atoms with van der Waals surface area (Å²) in [5.41, 5.74) is 2.71. The normalized spacial score (nSPS) is 10.6. The van der Waals surface area contributed by atoms with E-state index in [2.05, 4.69) is 31.7 Å². The summed E-state index contributed by atoms with van der Waals surface area (Å²) in [6.07, 6.45) is 1.25. The van der Waals surface area contributed by atoms with E-state index in [4.69, 9.17) is 32.7 Å². The molecule has 3 N–H and O–H groups in total. The Morgan fingerprint density at radius 1 is 1.03 bits per heavy atom. The number of nitrogens with zero attached hydrogens (tertiary/aromatic N) is 1. The fourth-order valence-electron chi connectivity index (χ4n) is 2.84. The summed E-state index contributed by atoms with van der Waals surface area (Å²) in [4.78, 5) is 36.2. The predicted molar refractivity (Wildman–Crippen MR) is 142 cm³/mol. The van der Waals surface area contributed by atoms with Crippen molar-refractivity contribution in [2.45, 2.75) is 0 Å². The number of carbonyl (C=O) groups excluding carboxylic acids is 3. The van der Waals surface area contributed by atoms with E-state index in [1.54, 1.807) is 24.3 Å². The topological polar surface area (TPSA) is 118 Å². The van der Waals surface area contributed by atoms with Gasteiger partial charge in [-0.05, 0) is 57.9 Å². The van der Waals surface area contributed by atoms with Crippen molar-refractivity contribution in [3.63, 3.8) is 0 Å². The lowest BCUT2D eigenvalue weighted by Crippen LogP contribution is -2.32. The van der Waals surface area contributed by atoms with Crippen LogP contribution in [0.25, 0.3) is 0 Å². The Morgan fingerprint density at radius 3 is 2.49 bits per heavy atom. The first-order valence-electron chi connectivity index (χ1n) is 10.3. The van der Waals surface area contributed by atoms with Crippen molar-refractivity contribution < 1.29 is 28.2 Å². The lowest BCUT2D eigenvalue weighted by molar-refractivity contribution is -0.136. The molecule has 0 unspecified atom stereocenters. The lowest BCUT2D eigenvalue weighted by Gasteiger charge is -2.14. The first kappa shape index (κ1) is 27.9. The summed E-state index contributed by atoms with van der Waals surface area (Å²) in [7, 11) is 1.40. The highest BCUT2D eigenvalue weighted by Crippen LogP contribution is 2.36. The van der Waals surface area contributed by atoms with Crippen molar-refractivity contribution in [2.24, 2.45) is 5.10 Å². The smallest absolute Gasteiger partial charge is 0.329 e. The molecule has 0 spiro atoms. The van der Waals surface area contributed by atoms with Gasteiger partial charge in [-0.3, -0.25) is 14.4 Å². The SMILES string of the molecule is COc1cc(/C=N\NC(=O)C(=O)Nc2ccccc2F)cc(Br)c1OCC(=O)Nc1cccc(Cl)c1Cl. The minimum Gasteiger partial charge on any atom is -0.493 e. The van der Waals surface area contributed by atoms with Crippen LogP contribution < -0.4 is 25.5 Å². The van der Waals surface area contributed by atoms with Crippen LogP contribution in [-0.2, 0) is 14.4 Å². The van der Waals surface area contributed by atoms with E-state index in [1.165, 1.54) is 37.6 Å². The molecule has 0 aromatic heterocycles. The number of para-hydroxylation sites is 1. The van der Waals surface area contributed by atoms with E-state index >= 15 is 0 Å². The largest absolute Gasteiger partial charge is 0.493 e. The molecule has 3 aromatic rings. The van der Waals surface area contributed by atoms with Crippen molar-refractivity contribution in [3.8, 4) is 11.5 Å². The Morgan fingerprint density at radius 2 is 1.76 bits per heavy atom. The van der Waals surface area contributed by atoms with Crippen LogP contribution in [0.4, 0.5) is 15.8 Å². The highest BCUT2D eigenvalue weighted by Gasteiger charge is 2.16. The molecule has 13 heteroatoms. The molecule has 0 aliphatic rings. The summed E-state index contributed by atoms with van der Waals surface area (Å²) in [5.74, 6) is -2.87. The van der Waals surface area contributed by atoms with E-state index in [0.29, 0.717) is 20.7 Å². The molecular formula is C24H18BrCl2FN4O5. The quantitative estimate of drug-likeness (QED) is 0.188. The molecule has 0 aliphatic heterocycles. The number of methoxy groups -OCH3 is 1. The summed E-state index contributed by atoms with van der Waals surface area (Å²) in [6.45, 7) is -0.363. The number of nitrogens with one attached hydrogen (secondary N) is 3. The molecule has 0 aliphatic carbocycles. The number of ether oxygens (including phenoxy) is 2. The van der Waals surface area contributed by atoms with Gasteiger partial charge in [0, 0.05) is 0 Å². The van der Waals surface area contributed by atoms with Crippen molar-refractivity contribution in [3.05, 3.63) is 80.5 Å². The number of carbonyl (C=O) groups is 3. The van der Waals surface area contributed by atoms with Gasteiger partial charge < -0.3 is 20.1 Å². The van der Waals surface area contributed by atoms with E-state index in [0.717, 1.165) is 6.07 Å². The zero-order chi connectivity index (χ0) is 26.9. The second kappa shape index (κ2) is 13.0. The Bertz CT molecular complexity index is 1370. The molecule has 0 bridgehead atoms. The fourth-order valence-corrected chi connectivity index (χ4v) is 3.76. The number of benzene rings is 3. The average molecular weight is 612 g/mol. The molecule has 3 aromatic carbocycles. The van der Waals surface area contributed by atoms with Gasteiger partial charge >= 0.3 is 11.8 Å². The summed E-state index contributed by atoms with van der Waals surface area (Å²) in [6, 6.07) is 13.4. The number of halogens is 4. The van der Waals surface area contributed by atoms with E-state index < -0.39 is 23.5 Å². The Labute approximate surface area is 229 Å². The molecule has 3 amide bonds. The Hall–Kier alpha value is -3.67. The molecule has 192 valence electrons. The minimum absolute atomic E-state index is 0.139. The van der Waals surface area contributed by atoms with Gasteiger partial charge in [-0.25, -0.2) is 9.82 Å². The van der Waals surface area contributed by atoms with Gasteiger partial charge in [-0.1, -0.05) is 41.4 Å². The van der Waals surface area contributed by atoms with Crippen LogP contribution in [0.15, 0.2) is 64.2 Å². The van der Waals surface area contributed by atoms with Crippen LogP contribution in [0.3, 0.4) is 0 Å². The van der Waals surface area contributed by atoms with Crippen molar-refractivity contribution in [2.75, 3.05) is 24.4 Å². The predicted octanol–water partition coefficient (Wildman–Crippen LogP) is 5.01. The van der Waals surface area contributed by atoms with E-state index in [-0.39, 0.29) is 28.8 Å². The fraction of sp³-hybridized carbons (Fsp3) is 0.0833. The van der Waals surface area contributed by atoms with Gasteiger partial charge in [0.05, 0.1) is 39.2 Å². The van der Waals surface area contributed by atoms with Crippen LogP contribution in [0.1, 0.15) is 5.56 Å². The van der Waals surface area contributed by atoms with Gasteiger partial charge in [0.2, 0.25) is 0 Å². The lowest BCUT2D eigenvalue weighted by atomic mass is 10.2. The van der Waals surface area contributed by atoms with Crippen LogP contribution in [0.2, 0.25) is 10.0 Å². The third-order valence-corrected chi connectivity index (χ3v) is 5.94. The van der Waals surface area contributed by atoms with Crippen molar-refractivity contribution >= 4 is 74.4 Å². The van der Waals surface area contributed by atoms with E-state index in [9.17, 15) is 18.8 Å². The summed E-state index contributed by atoms with van der Waals surface area (Å²) >= 11 is 15.4. The molecule has 3 rings (SSSR count). The molecule has 0 fully saturated rings. The first-order valence-corrected chi connectivity index (χ1v) is 11.9. The molecule has 0 saturated heterocycles. The summed E-state index contributed by atoms with van der Waals surface area (Å²) < 4.78 is 25.0. The minimum atomic E-state index is -1.10. The number of amides is 3. The van der Waals surface area contributed by atoms with Gasteiger partial charge in [0.25, 0.3) is 5.91 Å². The number of hydrogen-bond acceptors (Lipinski definition) is 6. The van der Waals surface area contributed by atoms with Crippen LogP contribution >= 0.6 is 39.1 Å².